The molecule has 0 aliphatic rings. The van der Waals surface area contributed by atoms with Crippen LogP contribution < -0.4 is 0 Å². The smallest absolute Gasteiger partial charge is 0.160 e. The second-order valence-electron chi connectivity index (χ2n) is 6.66. The highest BCUT2D eigenvalue weighted by atomic mass is 79.9. The second-order valence-corrected chi connectivity index (χ2v) is 10.8. The number of aromatic nitrogens is 4. The van der Waals surface area contributed by atoms with Gasteiger partial charge in [0.1, 0.15) is 21.1 Å². The quantitative estimate of drug-likeness (QED) is 0.184. The van der Waals surface area contributed by atoms with E-state index in [2.05, 4.69) is 57.9 Å². The van der Waals surface area contributed by atoms with Crippen LogP contribution in [0, 0.1) is 0 Å². The summed E-state index contributed by atoms with van der Waals surface area (Å²) >= 11 is 9.71. The number of fused-ring (bicyclic) bond motifs is 2. The van der Waals surface area contributed by atoms with Crippen LogP contribution in [0.15, 0.2) is 93.7 Å². The summed E-state index contributed by atoms with van der Waals surface area (Å²) in [6.45, 7) is 0. The zero-order valence-corrected chi connectivity index (χ0v) is 22.1. The van der Waals surface area contributed by atoms with E-state index in [1.54, 1.807) is 46.9 Å². The lowest BCUT2D eigenvalue weighted by atomic mass is 10.3. The maximum atomic E-state index is 9.16. The Kier molecular flexibility index (Phi) is 8.17. The van der Waals surface area contributed by atoms with Gasteiger partial charge in [0, 0.05) is 0 Å². The highest BCUT2D eigenvalue weighted by Gasteiger charge is 2.06. The molecule has 0 saturated carbocycles. The molecule has 6 nitrogen and oxygen atoms in total. The van der Waals surface area contributed by atoms with Gasteiger partial charge in [0.2, 0.25) is 0 Å². The average Bonchev–Trinajstić information content (AvgIpc) is 3.45. The van der Waals surface area contributed by atoms with Crippen LogP contribution in [-0.2, 0) is 0 Å². The summed E-state index contributed by atoms with van der Waals surface area (Å²) in [6.07, 6.45) is 2.81. The van der Waals surface area contributed by atoms with Gasteiger partial charge in [-0.3, -0.25) is 0 Å². The molecular weight excluding hydrogens is 600 g/mol. The lowest BCUT2D eigenvalue weighted by molar-refractivity contribution is 0.472. The van der Waals surface area contributed by atoms with Crippen molar-refractivity contribution < 1.29 is 10.2 Å². The van der Waals surface area contributed by atoms with E-state index in [-0.39, 0.29) is 11.5 Å². The fourth-order valence-electron chi connectivity index (χ4n) is 2.71. The van der Waals surface area contributed by atoms with Gasteiger partial charge in [-0.05, 0) is 80.4 Å². The Morgan fingerprint density at radius 2 is 1.21 bits per heavy atom. The fourth-order valence-corrected chi connectivity index (χ4v) is 5.29. The van der Waals surface area contributed by atoms with Crippen LogP contribution in [0.3, 0.4) is 0 Å². The summed E-state index contributed by atoms with van der Waals surface area (Å²) in [6, 6.07) is 22.7. The molecule has 6 aromatic rings. The summed E-state index contributed by atoms with van der Waals surface area (Å²) in [5.41, 5.74) is 2.84. The molecule has 2 N–H and O–H groups in total. The number of pyridine rings is 2. The van der Waals surface area contributed by atoms with Crippen molar-refractivity contribution in [3.8, 4) is 22.2 Å². The van der Waals surface area contributed by atoms with Crippen LogP contribution in [0.5, 0.6) is 11.5 Å². The molecule has 0 spiro atoms. The lowest BCUT2D eigenvalue weighted by Crippen LogP contribution is -1.80. The Bertz CT molecular complexity index is 1420. The maximum absolute atomic E-state index is 9.16. The Labute approximate surface area is 219 Å². The van der Waals surface area contributed by atoms with Crippen LogP contribution in [-0.4, -0.2) is 30.1 Å². The first-order valence-electron chi connectivity index (χ1n) is 9.80. The normalized spacial score (nSPS) is 10.3. The second kappa shape index (κ2) is 11.5. The monoisotopic (exact) mass is 614 g/mol. The summed E-state index contributed by atoms with van der Waals surface area (Å²) in [7, 11) is 0. The van der Waals surface area contributed by atoms with Gasteiger partial charge in [-0.15, -0.1) is 22.7 Å². The van der Waals surface area contributed by atoms with Crippen LogP contribution in [0.1, 0.15) is 0 Å². The average molecular weight is 616 g/mol. The maximum Gasteiger partial charge on any atom is 0.160 e. The van der Waals surface area contributed by atoms with Crippen molar-refractivity contribution in [3.63, 3.8) is 0 Å². The van der Waals surface area contributed by atoms with Gasteiger partial charge < -0.3 is 10.2 Å². The number of hydrogen-bond donors (Lipinski definition) is 2. The van der Waals surface area contributed by atoms with E-state index in [4.69, 9.17) is 10.2 Å². The lowest BCUT2D eigenvalue weighted by Gasteiger charge is -1.94. The minimum atomic E-state index is 0.171. The molecule has 10 heteroatoms. The predicted octanol–water partition coefficient (Wildman–Crippen LogP) is 7.67. The number of hydrogen-bond acceptors (Lipinski definition) is 8. The number of aromatic hydroxyl groups is 2. The van der Waals surface area contributed by atoms with Crippen molar-refractivity contribution in [2.24, 2.45) is 0 Å². The minimum absolute atomic E-state index is 0.171. The molecule has 0 amide bonds. The summed E-state index contributed by atoms with van der Waals surface area (Å²) in [5, 5.41) is 18.7. The first-order valence-corrected chi connectivity index (χ1v) is 13.0. The van der Waals surface area contributed by atoms with Crippen molar-refractivity contribution >= 4 is 75.0 Å². The number of rotatable bonds is 1. The number of nitrogens with zero attached hydrogens (tertiary/aromatic N) is 4. The molecule has 34 heavy (non-hydrogen) atoms. The van der Waals surface area contributed by atoms with Crippen LogP contribution in [0.2, 0.25) is 0 Å². The molecule has 0 atom stereocenters. The number of thiazole rings is 2. The first kappa shape index (κ1) is 24.2. The Morgan fingerprint density at radius 3 is 1.74 bits per heavy atom. The molecule has 4 heterocycles. The minimum Gasteiger partial charge on any atom is -0.506 e. The summed E-state index contributed by atoms with van der Waals surface area (Å²) < 4.78 is 4.06. The van der Waals surface area contributed by atoms with E-state index in [1.807, 2.05) is 42.5 Å². The van der Waals surface area contributed by atoms with E-state index in [1.165, 1.54) is 17.1 Å². The molecule has 0 aliphatic carbocycles. The van der Waals surface area contributed by atoms with Crippen LogP contribution in [0.4, 0.5) is 0 Å². The van der Waals surface area contributed by atoms with E-state index < -0.39 is 0 Å². The fraction of sp³-hybridized carbons (Fsp3) is 0. The Balaban J connectivity index is 0.000000131. The topological polar surface area (TPSA) is 92.0 Å². The Hall–Kier alpha value is -2.92. The standard InChI is InChI=1S/C12H8N2OS.C7H4BrNS.C5H4BrNO/c15-8-5-6-10(13-7-8)12-14-9-3-1-2-4-11(9)16-12;8-7-9-5-3-1-2-4-6(5)10-7;6-5-2-1-4(8)3-7-5/h1-7,15H;1-4H;1-3,8H. The van der Waals surface area contributed by atoms with Gasteiger partial charge in [0.15, 0.2) is 3.92 Å². The largest absolute Gasteiger partial charge is 0.506 e. The van der Waals surface area contributed by atoms with Crippen molar-refractivity contribution in [1.29, 1.82) is 0 Å². The van der Waals surface area contributed by atoms with Crippen molar-refractivity contribution in [2.75, 3.05) is 0 Å². The predicted molar refractivity (Wildman–Crippen MR) is 145 cm³/mol. The zero-order chi connectivity index (χ0) is 23.9. The molecule has 0 fully saturated rings. The Morgan fingerprint density at radius 1 is 0.618 bits per heavy atom. The van der Waals surface area contributed by atoms with Crippen molar-refractivity contribution in [3.05, 3.63) is 93.7 Å². The molecule has 4 aromatic heterocycles. The van der Waals surface area contributed by atoms with Gasteiger partial charge in [0.05, 0.1) is 38.5 Å². The van der Waals surface area contributed by atoms with Gasteiger partial charge in [-0.1, -0.05) is 24.3 Å². The molecule has 0 radical (unpaired) electrons. The van der Waals surface area contributed by atoms with E-state index in [0.717, 1.165) is 35.0 Å². The SMILES string of the molecule is Brc1nc2ccccc2s1.Oc1ccc(-c2nc3ccccc3s2)nc1.Oc1ccc(Br)nc1. The van der Waals surface area contributed by atoms with E-state index >= 15 is 0 Å². The molecule has 0 aliphatic heterocycles. The third-order valence-electron chi connectivity index (χ3n) is 4.24. The summed E-state index contributed by atoms with van der Waals surface area (Å²) in [5.74, 6) is 0.359. The van der Waals surface area contributed by atoms with Crippen molar-refractivity contribution in [1.82, 2.24) is 19.9 Å². The molecule has 0 unspecified atom stereocenters. The molecule has 2 aromatic carbocycles. The van der Waals surface area contributed by atoms with Gasteiger partial charge in [-0.25, -0.2) is 19.9 Å². The van der Waals surface area contributed by atoms with E-state index in [0.29, 0.717) is 0 Å². The molecule has 170 valence electrons. The zero-order valence-electron chi connectivity index (χ0n) is 17.3. The highest BCUT2D eigenvalue weighted by Crippen LogP contribution is 2.29. The van der Waals surface area contributed by atoms with Gasteiger partial charge in [0.25, 0.3) is 0 Å². The van der Waals surface area contributed by atoms with Gasteiger partial charge >= 0.3 is 0 Å². The first-order chi connectivity index (χ1) is 16.5. The van der Waals surface area contributed by atoms with Crippen molar-refractivity contribution in [2.45, 2.75) is 0 Å². The molecule has 0 saturated heterocycles. The van der Waals surface area contributed by atoms with Crippen LogP contribution >= 0.6 is 54.5 Å². The van der Waals surface area contributed by atoms with E-state index in [9.17, 15) is 0 Å². The highest BCUT2D eigenvalue weighted by molar-refractivity contribution is 9.11. The number of para-hydroxylation sites is 2. The molecule has 0 bridgehead atoms. The third kappa shape index (κ3) is 6.57. The molecule has 6 rings (SSSR count). The summed E-state index contributed by atoms with van der Waals surface area (Å²) in [4.78, 5) is 16.6. The molecular formula is C24H16Br2N4O2S2. The van der Waals surface area contributed by atoms with Gasteiger partial charge in [-0.2, -0.15) is 0 Å². The van der Waals surface area contributed by atoms with Crippen LogP contribution in [0.25, 0.3) is 31.1 Å². The number of benzene rings is 2. The number of halogens is 2. The third-order valence-corrected chi connectivity index (χ3v) is 7.26.